The Labute approximate surface area is 155 Å². The molecule has 1 aliphatic rings. The van der Waals surface area contributed by atoms with Crippen LogP contribution in [0.4, 0.5) is 5.69 Å². The summed E-state index contributed by atoms with van der Waals surface area (Å²) in [5, 5.41) is 6.43. The van der Waals surface area contributed by atoms with Gasteiger partial charge in [0.05, 0.1) is 6.54 Å². The summed E-state index contributed by atoms with van der Waals surface area (Å²) in [5.74, 6) is 0.0179. The molecular formula is C21H28N4O. The predicted molar refractivity (Wildman–Crippen MR) is 105 cm³/mol. The third kappa shape index (κ3) is 4.68. The first-order valence-corrected chi connectivity index (χ1v) is 9.18. The lowest BCUT2D eigenvalue weighted by atomic mass is 9.87. The Kier molecular flexibility index (Phi) is 5.69. The van der Waals surface area contributed by atoms with Crippen molar-refractivity contribution in [3.05, 3.63) is 59.9 Å². The number of amides is 1. The fourth-order valence-corrected chi connectivity index (χ4v) is 3.28. The van der Waals surface area contributed by atoms with E-state index in [0.29, 0.717) is 6.54 Å². The lowest BCUT2D eigenvalue weighted by Gasteiger charge is -2.35. The summed E-state index contributed by atoms with van der Waals surface area (Å²) in [6.07, 6.45) is 3.66. The van der Waals surface area contributed by atoms with Crippen molar-refractivity contribution in [2.75, 3.05) is 31.5 Å². The molecule has 1 amide bonds. The summed E-state index contributed by atoms with van der Waals surface area (Å²) in [4.78, 5) is 19.0. The van der Waals surface area contributed by atoms with Gasteiger partial charge >= 0.3 is 0 Å². The van der Waals surface area contributed by atoms with Gasteiger partial charge in [0, 0.05) is 43.8 Å². The lowest BCUT2D eigenvalue weighted by Crippen LogP contribution is -2.48. The Morgan fingerprint density at radius 1 is 1.27 bits per heavy atom. The van der Waals surface area contributed by atoms with Gasteiger partial charge in [-0.1, -0.05) is 39.0 Å². The molecule has 0 aliphatic carbocycles. The quantitative estimate of drug-likeness (QED) is 0.888. The van der Waals surface area contributed by atoms with Gasteiger partial charge in [-0.25, -0.2) is 0 Å². The fourth-order valence-electron chi connectivity index (χ4n) is 3.28. The maximum absolute atomic E-state index is 12.6. The Morgan fingerprint density at radius 2 is 2.04 bits per heavy atom. The molecule has 0 saturated carbocycles. The minimum absolute atomic E-state index is 0.0179. The Hall–Kier alpha value is -2.24. The van der Waals surface area contributed by atoms with Crippen LogP contribution in [0.15, 0.2) is 48.8 Å². The van der Waals surface area contributed by atoms with Gasteiger partial charge in [-0.3, -0.25) is 14.7 Å². The van der Waals surface area contributed by atoms with Crippen molar-refractivity contribution in [2.24, 2.45) is 0 Å². The van der Waals surface area contributed by atoms with Crippen LogP contribution in [-0.4, -0.2) is 42.0 Å². The van der Waals surface area contributed by atoms with Gasteiger partial charge in [0.1, 0.15) is 0 Å². The number of nitrogens with zero attached hydrogens (tertiary/aromatic N) is 2. The smallest absolute Gasteiger partial charge is 0.238 e. The number of rotatable bonds is 4. The SMILES string of the molecule is CC(C)(C)c1ccc(NC(=O)CN2CCNCC2c2cccnc2)cc1. The molecule has 1 saturated heterocycles. The van der Waals surface area contributed by atoms with Gasteiger partial charge in [0.2, 0.25) is 5.91 Å². The summed E-state index contributed by atoms with van der Waals surface area (Å²) < 4.78 is 0. The highest BCUT2D eigenvalue weighted by atomic mass is 16.2. The summed E-state index contributed by atoms with van der Waals surface area (Å²) in [7, 11) is 0. The normalized spacial score (nSPS) is 18.5. The number of pyridine rings is 1. The number of carbonyl (C=O) groups is 1. The number of anilines is 1. The van der Waals surface area contributed by atoms with Crippen LogP contribution >= 0.6 is 0 Å². The van der Waals surface area contributed by atoms with Crippen molar-refractivity contribution in [2.45, 2.75) is 32.2 Å². The number of nitrogens with one attached hydrogen (secondary N) is 2. The first-order valence-electron chi connectivity index (χ1n) is 9.18. The Balaban J connectivity index is 1.63. The monoisotopic (exact) mass is 352 g/mol. The topological polar surface area (TPSA) is 57.3 Å². The average Bonchev–Trinajstić information content (AvgIpc) is 2.62. The molecule has 5 nitrogen and oxygen atoms in total. The molecule has 1 aromatic heterocycles. The van der Waals surface area contributed by atoms with Gasteiger partial charge in [-0.2, -0.15) is 0 Å². The summed E-state index contributed by atoms with van der Waals surface area (Å²) in [6, 6.07) is 12.3. The van der Waals surface area contributed by atoms with E-state index in [0.717, 1.165) is 30.9 Å². The van der Waals surface area contributed by atoms with Crippen LogP contribution < -0.4 is 10.6 Å². The van der Waals surface area contributed by atoms with E-state index in [1.54, 1.807) is 6.20 Å². The molecule has 0 bridgehead atoms. The highest BCUT2D eigenvalue weighted by Crippen LogP contribution is 2.24. The highest BCUT2D eigenvalue weighted by Gasteiger charge is 2.25. The molecule has 1 unspecified atom stereocenters. The van der Waals surface area contributed by atoms with E-state index in [-0.39, 0.29) is 17.4 Å². The van der Waals surface area contributed by atoms with Crippen molar-refractivity contribution in [1.29, 1.82) is 0 Å². The van der Waals surface area contributed by atoms with Crippen molar-refractivity contribution < 1.29 is 4.79 Å². The minimum atomic E-state index is 0.0179. The van der Waals surface area contributed by atoms with Gasteiger partial charge in [-0.15, -0.1) is 0 Å². The number of carbonyl (C=O) groups excluding carboxylic acids is 1. The van der Waals surface area contributed by atoms with Crippen LogP contribution in [0.1, 0.15) is 37.9 Å². The number of hydrogen-bond acceptors (Lipinski definition) is 4. The lowest BCUT2D eigenvalue weighted by molar-refractivity contribution is -0.118. The van der Waals surface area contributed by atoms with E-state index in [1.807, 2.05) is 24.4 Å². The summed E-state index contributed by atoms with van der Waals surface area (Å²) in [5.41, 5.74) is 3.35. The number of aromatic nitrogens is 1. The van der Waals surface area contributed by atoms with E-state index >= 15 is 0 Å². The van der Waals surface area contributed by atoms with Gasteiger partial charge in [-0.05, 0) is 34.7 Å². The van der Waals surface area contributed by atoms with E-state index in [1.165, 1.54) is 5.56 Å². The molecule has 0 spiro atoms. The molecule has 138 valence electrons. The molecule has 2 aromatic rings. The number of benzene rings is 1. The first-order chi connectivity index (χ1) is 12.4. The van der Waals surface area contributed by atoms with Crippen LogP contribution in [0.25, 0.3) is 0 Å². The zero-order valence-electron chi connectivity index (χ0n) is 15.8. The maximum atomic E-state index is 12.6. The minimum Gasteiger partial charge on any atom is -0.325 e. The average molecular weight is 352 g/mol. The molecule has 2 N–H and O–H groups in total. The van der Waals surface area contributed by atoms with E-state index in [4.69, 9.17) is 0 Å². The van der Waals surface area contributed by atoms with Gasteiger partial charge < -0.3 is 10.6 Å². The molecule has 26 heavy (non-hydrogen) atoms. The largest absolute Gasteiger partial charge is 0.325 e. The van der Waals surface area contributed by atoms with Crippen LogP contribution in [-0.2, 0) is 10.2 Å². The second-order valence-corrected chi connectivity index (χ2v) is 7.85. The molecule has 1 atom stereocenters. The third-order valence-corrected chi connectivity index (χ3v) is 4.80. The van der Waals surface area contributed by atoms with Crippen LogP contribution in [0.3, 0.4) is 0 Å². The maximum Gasteiger partial charge on any atom is 0.238 e. The molecule has 3 rings (SSSR count). The van der Waals surface area contributed by atoms with Crippen molar-refractivity contribution >= 4 is 11.6 Å². The van der Waals surface area contributed by atoms with Crippen LogP contribution in [0, 0.1) is 0 Å². The summed E-state index contributed by atoms with van der Waals surface area (Å²) in [6.45, 7) is 9.50. The second kappa shape index (κ2) is 7.98. The van der Waals surface area contributed by atoms with Crippen LogP contribution in [0.5, 0.6) is 0 Å². The van der Waals surface area contributed by atoms with Gasteiger partial charge in [0.15, 0.2) is 0 Å². The second-order valence-electron chi connectivity index (χ2n) is 7.85. The molecule has 1 fully saturated rings. The number of piperazine rings is 1. The molecule has 2 heterocycles. The van der Waals surface area contributed by atoms with E-state index in [9.17, 15) is 4.79 Å². The van der Waals surface area contributed by atoms with E-state index < -0.39 is 0 Å². The molecule has 1 aromatic carbocycles. The zero-order chi connectivity index (χ0) is 18.6. The third-order valence-electron chi connectivity index (χ3n) is 4.80. The van der Waals surface area contributed by atoms with Gasteiger partial charge in [0.25, 0.3) is 0 Å². The van der Waals surface area contributed by atoms with E-state index in [2.05, 4.69) is 59.5 Å². The number of hydrogen-bond donors (Lipinski definition) is 2. The molecule has 1 aliphatic heterocycles. The Morgan fingerprint density at radius 3 is 2.69 bits per heavy atom. The van der Waals surface area contributed by atoms with Crippen molar-refractivity contribution in [3.63, 3.8) is 0 Å². The molecular weight excluding hydrogens is 324 g/mol. The van der Waals surface area contributed by atoms with Crippen LogP contribution in [0.2, 0.25) is 0 Å². The highest BCUT2D eigenvalue weighted by molar-refractivity contribution is 5.92. The molecule has 5 heteroatoms. The van der Waals surface area contributed by atoms with Crippen molar-refractivity contribution in [3.8, 4) is 0 Å². The fraction of sp³-hybridized carbons (Fsp3) is 0.429. The first kappa shape index (κ1) is 18.5. The summed E-state index contributed by atoms with van der Waals surface area (Å²) >= 11 is 0. The molecule has 0 radical (unpaired) electrons. The van der Waals surface area contributed by atoms with Crippen molar-refractivity contribution in [1.82, 2.24) is 15.2 Å². The predicted octanol–water partition coefficient (Wildman–Crippen LogP) is 2.96. The zero-order valence-corrected chi connectivity index (χ0v) is 15.8. The standard InChI is InChI=1S/C21H28N4O/c1-21(2,3)17-6-8-18(9-7-17)24-20(26)15-25-12-11-23-14-19(25)16-5-4-10-22-13-16/h4-10,13,19,23H,11-12,14-15H2,1-3H3,(H,24,26). The Bertz CT molecular complexity index is 722.